The Balaban J connectivity index is 4.21. The van der Waals surface area contributed by atoms with Crippen molar-refractivity contribution in [1.29, 1.82) is 0 Å². The van der Waals surface area contributed by atoms with Gasteiger partial charge in [0.25, 0.3) is 0 Å². The molecule has 0 aliphatic carbocycles. The predicted molar refractivity (Wildman–Crippen MR) is 320 cm³/mol. The Morgan fingerprint density at radius 1 is 0.284 bits per heavy atom. The van der Waals surface area contributed by atoms with E-state index in [1.54, 1.807) is 0 Å². The van der Waals surface area contributed by atoms with Crippen LogP contribution in [0.2, 0.25) is 0 Å². The third-order valence-electron chi connectivity index (χ3n) is 13.0. The fraction of sp³-hybridized carbons (Fsp3) is 0.691. The van der Waals surface area contributed by atoms with Crippen molar-refractivity contribution in [3.8, 4) is 0 Å². The topological polar surface area (TPSA) is 78.9 Å². The number of carbonyl (C=O) groups excluding carboxylic acids is 3. The Morgan fingerprint density at radius 3 is 0.824 bits per heavy atom. The summed E-state index contributed by atoms with van der Waals surface area (Å²) < 4.78 is 16.8. The molecule has 1 unspecified atom stereocenters. The SMILES string of the molecule is CC/C=C\C/C=C\C/C=C\C/C=C\C/C=C\CCCCCCCC(=O)OC(COC(=O)CCCCCCCCCC)COC(=O)CCCCCCCCCCCCCCCC/C=C\C/C=C\C/C=C\C/C=C\CC. The summed E-state index contributed by atoms with van der Waals surface area (Å²) in [7, 11) is 0. The van der Waals surface area contributed by atoms with Gasteiger partial charge in [-0.25, -0.2) is 0 Å². The van der Waals surface area contributed by atoms with E-state index in [1.165, 1.54) is 109 Å². The molecule has 0 aromatic rings. The molecule has 0 radical (unpaired) electrons. The van der Waals surface area contributed by atoms with Gasteiger partial charge in [0.15, 0.2) is 6.10 Å². The van der Waals surface area contributed by atoms with Crippen LogP contribution in [-0.2, 0) is 28.6 Å². The van der Waals surface area contributed by atoms with Crippen molar-refractivity contribution in [2.75, 3.05) is 13.2 Å². The van der Waals surface area contributed by atoms with E-state index >= 15 is 0 Å². The second-order valence-electron chi connectivity index (χ2n) is 20.2. The average molecular weight is 1030 g/mol. The highest BCUT2D eigenvalue weighted by Crippen LogP contribution is 2.16. The van der Waals surface area contributed by atoms with Crippen LogP contribution in [-0.4, -0.2) is 37.2 Å². The molecule has 0 amide bonds. The maximum atomic E-state index is 12.9. The lowest BCUT2D eigenvalue weighted by Crippen LogP contribution is -2.30. The maximum absolute atomic E-state index is 12.9. The molecule has 74 heavy (non-hydrogen) atoms. The van der Waals surface area contributed by atoms with Crippen LogP contribution in [0.5, 0.6) is 0 Å². The molecule has 0 spiro atoms. The van der Waals surface area contributed by atoms with Crippen molar-refractivity contribution in [2.45, 2.75) is 290 Å². The number of hydrogen-bond donors (Lipinski definition) is 0. The van der Waals surface area contributed by atoms with E-state index in [0.717, 1.165) is 135 Å². The highest BCUT2D eigenvalue weighted by Gasteiger charge is 2.19. The van der Waals surface area contributed by atoms with Crippen LogP contribution in [0.4, 0.5) is 0 Å². The summed E-state index contributed by atoms with van der Waals surface area (Å²) in [5.41, 5.74) is 0. The number of carbonyl (C=O) groups is 3. The lowest BCUT2D eigenvalue weighted by Gasteiger charge is -2.18. The van der Waals surface area contributed by atoms with Crippen molar-refractivity contribution >= 4 is 17.9 Å². The molecule has 6 heteroatoms. The van der Waals surface area contributed by atoms with Gasteiger partial charge in [0.2, 0.25) is 0 Å². The minimum absolute atomic E-state index is 0.0849. The second kappa shape index (κ2) is 61.6. The van der Waals surface area contributed by atoms with Gasteiger partial charge in [0, 0.05) is 19.3 Å². The highest BCUT2D eigenvalue weighted by molar-refractivity contribution is 5.71. The van der Waals surface area contributed by atoms with Crippen LogP contribution >= 0.6 is 0 Å². The van der Waals surface area contributed by atoms with E-state index in [0.29, 0.717) is 19.3 Å². The van der Waals surface area contributed by atoms with Crippen molar-refractivity contribution < 1.29 is 28.6 Å². The summed E-state index contributed by atoms with van der Waals surface area (Å²) in [4.78, 5) is 38.1. The molecular formula is C68H114O6. The quantitative estimate of drug-likeness (QED) is 0.0261. The van der Waals surface area contributed by atoms with Crippen LogP contribution in [0, 0.1) is 0 Å². The molecule has 0 heterocycles. The zero-order valence-electron chi connectivity index (χ0n) is 48.3. The molecule has 0 saturated carbocycles. The number of rotatable bonds is 55. The number of allylic oxidation sites excluding steroid dienone is 18. The summed E-state index contributed by atoms with van der Waals surface area (Å²) in [5, 5.41) is 0. The van der Waals surface area contributed by atoms with Gasteiger partial charge in [-0.15, -0.1) is 0 Å². The third-order valence-corrected chi connectivity index (χ3v) is 13.0. The lowest BCUT2D eigenvalue weighted by molar-refractivity contribution is -0.167. The summed E-state index contributed by atoms with van der Waals surface area (Å²) in [6.07, 6.45) is 83.9. The van der Waals surface area contributed by atoms with Gasteiger partial charge < -0.3 is 14.2 Å². The molecule has 0 fully saturated rings. The van der Waals surface area contributed by atoms with Crippen molar-refractivity contribution in [3.63, 3.8) is 0 Å². The third kappa shape index (κ3) is 59.0. The Kier molecular flexibility index (Phi) is 58.3. The minimum Gasteiger partial charge on any atom is -0.462 e. The number of unbranched alkanes of at least 4 members (excludes halogenated alkanes) is 26. The Morgan fingerprint density at radius 2 is 0.527 bits per heavy atom. The Hall–Kier alpha value is -3.93. The molecule has 0 aliphatic rings. The Bertz CT molecular complexity index is 1510. The van der Waals surface area contributed by atoms with Gasteiger partial charge in [-0.05, 0) is 103 Å². The van der Waals surface area contributed by atoms with Crippen molar-refractivity contribution in [1.82, 2.24) is 0 Å². The van der Waals surface area contributed by atoms with Gasteiger partial charge in [0.1, 0.15) is 13.2 Å². The van der Waals surface area contributed by atoms with Crippen LogP contribution in [0.3, 0.4) is 0 Å². The number of ether oxygens (including phenoxy) is 3. The van der Waals surface area contributed by atoms with E-state index < -0.39 is 6.10 Å². The molecule has 0 N–H and O–H groups in total. The van der Waals surface area contributed by atoms with Crippen LogP contribution < -0.4 is 0 Å². The molecule has 0 aromatic carbocycles. The lowest BCUT2D eigenvalue weighted by atomic mass is 10.0. The normalized spacial score (nSPS) is 12.9. The Labute approximate surface area is 457 Å². The number of hydrogen-bond acceptors (Lipinski definition) is 6. The zero-order chi connectivity index (χ0) is 53.6. The standard InChI is InChI=1S/C68H114O6/c1-4-7-10-13-16-19-21-23-25-27-29-31-32-33-34-35-36-38-39-41-43-45-47-49-52-55-58-61-67(70)73-64-65(63-72-66(69)60-57-54-51-18-15-12-9-6-3)74-68(71)62-59-56-53-50-48-46-44-42-40-37-30-28-26-24-22-20-17-14-11-8-5-2/h7-8,10-11,16-17,19-20,23-26,29-31,37,42,44,65H,4-6,9,12-15,18,21-22,27-28,32-36,38-41,43,45-64H2,1-3H3/b10-7-,11-8-,19-16-,20-17-,25-23-,26-24-,31-29-,37-30-,44-42-. The minimum atomic E-state index is -0.788. The molecular weight excluding hydrogens is 913 g/mol. The molecule has 6 nitrogen and oxygen atoms in total. The monoisotopic (exact) mass is 1030 g/mol. The largest absolute Gasteiger partial charge is 0.462 e. The van der Waals surface area contributed by atoms with E-state index in [2.05, 4.69) is 130 Å². The van der Waals surface area contributed by atoms with Crippen LogP contribution in [0.15, 0.2) is 109 Å². The smallest absolute Gasteiger partial charge is 0.306 e. The van der Waals surface area contributed by atoms with Gasteiger partial charge in [-0.3, -0.25) is 14.4 Å². The first-order valence-corrected chi connectivity index (χ1v) is 30.9. The second-order valence-corrected chi connectivity index (χ2v) is 20.2. The van der Waals surface area contributed by atoms with Gasteiger partial charge in [0.05, 0.1) is 0 Å². The van der Waals surface area contributed by atoms with Gasteiger partial charge >= 0.3 is 17.9 Å². The fourth-order valence-corrected chi connectivity index (χ4v) is 8.46. The molecule has 422 valence electrons. The van der Waals surface area contributed by atoms with E-state index in [9.17, 15) is 14.4 Å². The molecule has 0 bridgehead atoms. The molecule has 0 aliphatic heterocycles. The van der Waals surface area contributed by atoms with E-state index in [4.69, 9.17) is 14.2 Å². The average Bonchev–Trinajstić information content (AvgIpc) is 3.40. The van der Waals surface area contributed by atoms with Gasteiger partial charge in [-0.1, -0.05) is 271 Å². The number of esters is 3. The predicted octanol–water partition coefficient (Wildman–Crippen LogP) is 21.0. The maximum Gasteiger partial charge on any atom is 0.306 e. The van der Waals surface area contributed by atoms with E-state index in [-0.39, 0.29) is 31.1 Å². The summed E-state index contributed by atoms with van der Waals surface area (Å²) >= 11 is 0. The van der Waals surface area contributed by atoms with Crippen LogP contribution in [0.25, 0.3) is 0 Å². The highest BCUT2D eigenvalue weighted by atomic mass is 16.6. The molecule has 0 saturated heterocycles. The zero-order valence-corrected chi connectivity index (χ0v) is 48.3. The first-order chi connectivity index (χ1) is 36.5. The van der Waals surface area contributed by atoms with Crippen LogP contribution in [0.1, 0.15) is 284 Å². The van der Waals surface area contributed by atoms with Crippen molar-refractivity contribution in [2.24, 2.45) is 0 Å². The first kappa shape index (κ1) is 70.1. The molecule has 0 aromatic heterocycles. The van der Waals surface area contributed by atoms with E-state index in [1.807, 2.05) is 0 Å². The first-order valence-electron chi connectivity index (χ1n) is 30.9. The summed E-state index contributed by atoms with van der Waals surface area (Å²) in [5.74, 6) is -0.904. The summed E-state index contributed by atoms with van der Waals surface area (Å²) in [6.45, 7) is 6.38. The summed E-state index contributed by atoms with van der Waals surface area (Å²) in [6, 6.07) is 0. The van der Waals surface area contributed by atoms with Crippen molar-refractivity contribution in [3.05, 3.63) is 109 Å². The molecule has 1 atom stereocenters. The molecule has 0 rings (SSSR count). The fourth-order valence-electron chi connectivity index (χ4n) is 8.46. The van der Waals surface area contributed by atoms with Gasteiger partial charge in [-0.2, -0.15) is 0 Å².